The summed E-state index contributed by atoms with van der Waals surface area (Å²) < 4.78 is 9.13. The molecule has 4 nitrogen and oxygen atoms in total. The van der Waals surface area contributed by atoms with Crippen LogP contribution in [0.3, 0.4) is 0 Å². The van der Waals surface area contributed by atoms with Gasteiger partial charge in [0.1, 0.15) is 0 Å². The fraction of sp³-hybridized carbons (Fsp3) is 0.231. The monoisotopic (exact) mass is 302 g/mol. The Labute approximate surface area is 120 Å². The first-order valence-electron chi connectivity index (χ1n) is 5.28. The van der Waals surface area contributed by atoms with E-state index < -0.39 is 11.9 Å². The first-order chi connectivity index (χ1) is 8.96. The Kier molecular flexibility index (Phi) is 5.86. The Morgan fingerprint density at radius 3 is 2.16 bits per heavy atom. The normalized spacial score (nSPS) is 11.1. The minimum Gasteiger partial charge on any atom is -0.469 e. The Morgan fingerprint density at radius 1 is 1.11 bits per heavy atom. The molecule has 0 aromatic heterocycles. The molecule has 0 aliphatic carbocycles. The van der Waals surface area contributed by atoms with Crippen LogP contribution in [0.15, 0.2) is 23.8 Å². The van der Waals surface area contributed by atoms with Crippen LogP contribution in [0, 0.1) is 0 Å². The van der Waals surface area contributed by atoms with Crippen LogP contribution in [0.4, 0.5) is 0 Å². The summed E-state index contributed by atoms with van der Waals surface area (Å²) in [4.78, 5) is 22.8. The quantitative estimate of drug-likeness (QED) is 0.633. The second-order valence-corrected chi connectivity index (χ2v) is 4.49. The lowest BCUT2D eigenvalue weighted by molar-refractivity contribution is -0.143. The van der Waals surface area contributed by atoms with Gasteiger partial charge in [0.2, 0.25) is 0 Å². The molecule has 0 N–H and O–H groups in total. The summed E-state index contributed by atoms with van der Waals surface area (Å²) in [5.74, 6) is -1.15. The van der Waals surface area contributed by atoms with Crippen LogP contribution in [0.1, 0.15) is 12.0 Å². The minimum atomic E-state index is -0.610. The molecule has 1 aromatic rings. The van der Waals surface area contributed by atoms with Gasteiger partial charge in [0.05, 0.1) is 20.6 Å². The summed E-state index contributed by atoms with van der Waals surface area (Å²) in [6, 6.07) is 4.81. The van der Waals surface area contributed by atoms with Crippen molar-refractivity contribution in [2.24, 2.45) is 0 Å². The number of methoxy groups -OCH3 is 2. The maximum Gasteiger partial charge on any atom is 0.334 e. The van der Waals surface area contributed by atoms with Gasteiger partial charge in [0, 0.05) is 15.6 Å². The molecule has 19 heavy (non-hydrogen) atoms. The van der Waals surface area contributed by atoms with Gasteiger partial charge in [-0.25, -0.2) is 4.79 Å². The lowest BCUT2D eigenvalue weighted by Gasteiger charge is -2.05. The van der Waals surface area contributed by atoms with E-state index in [1.165, 1.54) is 20.3 Å². The molecule has 0 aliphatic heterocycles. The highest BCUT2D eigenvalue weighted by Crippen LogP contribution is 2.22. The van der Waals surface area contributed by atoms with Crippen LogP contribution in [0.25, 0.3) is 6.08 Å². The summed E-state index contributed by atoms with van der Waals surface area (Å²) in [5, 5.41) is 0.863. The summed E-state index contributed by atoms with van der Waals surface area (Å²) in [6.07, 6.45) is 1.30. The maximum atomic E-state index is 11.6. The molecule has 0 saturated heterocycles. The van der Waals surface area contributed by atoms with Crippen LogP contribution >= 0.6 is 23.2 Å². The highest BCUT2D eigenvalue weighted by atomic mass is 35.5. The summed E-state index contributed by atoms with van der Waals surface area (Å²) in [6.45, 7) is 0. The van der Waals surface area contributed by atoms with Gasteiger partial charge < -0.3 is 9.47 Å². The molecule has 0 saturated carbocycles. The van der Waals surface area contributed by atoms with Crippen LogP contribution < -0.4 is 0 Å². The summed E-state index contributed by atoms with van der Waals surface area (Å²) in [7, 11) is 2.48. The van der Waals surface area contributed by atoms with Gasteiger partial charge in [0.25, 0.3) is 0 Å². The van der Waals surface area contributed by atoms with Crippen molar-refractivity contribution in [2.75, 3.05) is 14.2 Å². The predicted octanol–water partition coefficient (Wildman–Crippen LogP) is 3.11. The molecule has 0 radical (unpaired) electrons. The third-order valence-electron chi connectivity index (χ3n) is 2.24. The Morgan fingerprint density at radius 2 is 1.68 bits per heavy atom. The standard InChI is InChI=1S/C13H12Cl2O4/c1-18-12(16)6-9(13(17)19-2)3-8-4-10(14)7-11(15)5-8/h3-5,7H,6H2,1-2H3/b9-3+. The molecule has 0 unspecified atom stereocenters. The number of esters is 2. The molecule has 0 spiro atoms. The molecule has 1 rings (SSSR count). The average Bonchev–Trinajstić information content (AvgIpc) is 2.35. The first-order valence-corrected chi connectivity index (χ1v) is 6.03. The molecule has 0 aliphatic rings. The van der Waals surface area contributed by atoms with Crippen molar-refractivity contribution >= 4 is 41.2 Å². The van der Waals surface area contributed by atoms with E-state index in [1.807, 2.05) is 0 Å². The lowest BCUT2D eigenvalue weighted by Crippen LogP contribution is -2.10. The van der Waals surface area contributed by atoms with Crippen molar-refractivity contribution in [3.63, 3.8) is 0 Å². The van der Waals surface area contributed by atoms with Crippen molar-refractivity contribution in [1.29, 1.82) is 0 Å². The van der Waals surface area contributed by atoms with Crippen molar-refractivity contribution in [1.82, 2.24) is 0 Å². The second-order valence-electron chi connectivity index (χ2n) is 3.62. The number of rotatable bonds is 4. The van der Waals surface area contributed by atoms with Crippen LogP contribution in [-0.2, 0) is 19.1 Å². The van der Waals surface area contributed by atoms with E-state index in [-0.39, 0.29) is 12.0 Å². The zero-order valence-corrected chi connectivity index (χ0v) is 11.9. The van der Waals surface area contributed by atoms with Crippen molar-refractivity contribution in [3.8, 4) is 0 Å². The number of benzene rings is 1. The van der Waals surface area contributed by atoms with E-state index in [0.29, 0.717) is 15.6 Å². The summed E-state index contributed by atoms with van der Waals surface area (Å²) in [5.41, 5.74) is 0.759. The lowest BCUT2D eigenvalue weighted by atomic mass is 10.1. The zero-order chi connectivity index (χ0) is 14.4. The number of carbonyl (C=O) groups is 2. The van der Waals surface area contributed by atoms with Gasteiger partial charge in [-0.1, -0.05) is 23.2 Å². The van der Waals surface area contributed by atoms with Gasteiger partial charge in [-0.2, -0.15) is 0 Å². The average molecular weight is 303 g/mol. The van der Waals surface area contributed by atoms with Crippen molar-refractivity contribution < 1.29 is 19.1 Å². The molecular weight excluding hydrogens is 291 g/mol. The van der Waals surface area contributed by atoms with Crippen LogP contribution in [0.2, 0.25) is 10.0 Å². The van der Waals surface area contributed by atoms with E-state index in [9.17, 15) is 9.59 Å². The van der Waals surface area contributed by atoms with E-state index >= 15 is 0 Å². The highest BCUT2D eigenvalue weighted by Gasteiger charge is 2.15. The number of ether oxygens (including phenoxy) is 2. The molecule has 0 amide bonds. The molecule has 6 heteroatoms. The molecule has 102 valence electrons. The fourth-order valence-corrected chi connectivity index (χ4v) is 1.94. The van der Waals surface area contributed by atoms with Crippen molar-refractivity contribution in [3.05, 3.63) is 39.4 Å². The number of hydrogen-bond acceptors (Lipinski definition) is 4. The van der Waals surface area contributed by atoms with E-state index in [2.05, 4.69) is 9.47 Å². The van der Waals surface area contributed by atoms with Crippen LogP contribution in [0.5, 0.6) is 0 Å². The van der Waals surface area contributed by atoms with Crippen molar-refractivity contribution in [2.45, 2.75) is 6.42 Å². The molecule has 1 aromatic carbocycles. The second kappa shape index (κ2) is 7.16. The Balaban J connectivity index is 3.11. The number of hydrogen-bond donors (Lipinski definition) is 0. The zero-order valence-electron chi connectivity index (χ0n) is 10.4. The van der Waals surface area contributed by atoms with E-state index in [1.54, 1.807) is 18.2 Å². The molecule has 0 atom stereocenters. The molecule has 0 bridgehead atoms. The van der Waals surface area contributed by atoms with Gasteiger partial charge in [0.15, 0.2) is 0 Å². The fourth-order valence-electron chi connectivity index (χ4n) is 1.40. The third kappa shape index (κ3) is 4.93. The van der Waals surface area contributed by atoms with Crippen LogP contribution in [-0.4, -0.2) is 26.2 Å². The molecular formula is C13H12Cl2O4. The van der Waals surface area contributed by atoms with E-state index in [0.717, 1.165) is 0 Å². The minimum absolute atomic E-state index is 0.160. The topological polar surface area (TPSA) is 52.6 Å². The highest BCUT2D eigenvalue weighted by molar-refractivity contribution is 6.34. The maximum absolute atomic E-state index is 11.6. The Hall–Kier alpha value is -1.52. The van der Waals surface area contributed by atoms with Gasteiger partial charge >= 0.3 is 11.9 Å². The SMILES string of the molecule is COC(=O)C/C(=C\c1cc(Cl)cc(Cl)c1)C(=O)OC. The Bertz CT molecular complexity index is 503. The number of carbonyl (C=O) groups excluding carboxylic acids is 2. The largest absolute Gasteiger partial charge is 0.469 e. The summed E-state index contributed by atoms with van der Waals surface area (Å²) >= 11 is 11.7. The smallest absolute Gasteiger partial charge is 0.334 e. The van der Waals surface area contributed by atoms with E-state index in [4.69, 9.17) is 23.2 Å². The molecule has 0 heterocycles. The predicted molar refractivity (Wildman–Crippen MR) is 73.1 cm³/mol. The first kappa shape index (κ1) is 15.5. The van der Waals surface area contributed by atoms with Gasteiger partial charge in [-0.05, 0) is 29.8 Å². The van der Waals surface area contributed by atoms with Gasteiger partial charge in [-0.15, -0.1) is 0 Å². The van der Waals surface area contributed by atoms with Gasteiger partial charge in [-0.3, -0.25) is 4.79 Å². The molecule has 0 fully saturated rings. The number of halogens is 2. The third-order valence-corrected chi connectivity index (χ3v) is 2.67.